The highest BCUT2D eigenvalue weighted by Crippen LogP contribution is 2.34. The Kier molecular flexibility index (Phi) is 6.12. The monoisotopic (exact) mass is 447 g/mol. The number of aromatic nitrogens is 4. The maximum Gasteiger partial charge on any atom is 0.253 e. The highest BCUT2D eigenvalue weighted by atomic mass is 16.1. The van der Waals surface area contributed by atoms with Crippen LogP contribution in [-0.4, -0.2) is 68.1 Å². The first-order chi connectivity index (χ1) is 16.1. The zero-order valence-corrected chi connectivity index (χ0v) is 19.5. The molecule has 1 saturated carbocycles. The SMILES string of the molecule is Cc1ccnc2c1c(C(=O)NCC1(N3CCN[C@@H](C)C3)CCCCC1)cn2-c1ncccn1. The molecule has 5 rings (SSSR count). The van der Waals surface area contributed by atoms with Gasteiger partial charge in [0.1, 0.15) is 5.65 Å². The number of amides is 1. The maximum absolute atomic E-state index is 13.6. The quantitative estimate of drug-likeness (QED) is 0.625. The minimum Gasteiger partial charge on any atom is -0.350 e. The minimum atomic E-state index is -0.0566. The Morgan fingerprint density at radius 2 is 1.97 bits per heavy atom. The molecule has 3 aromatic rings. The van der Waals surface area contributed by atoms with E-state index in [1.165, 1.54) is 19.3 Å². The Morgan fingerprint density at radius 1 is 1.18 bits per heavy atom. The Morgan fingerprint density at radius 3 is 2.73 bits per heavy atom. The molecule has 0 unspecified atom stereocenters. The molecule has 1 atom stereocenters. The second-order valence-electron chi connectivity index (χ2n) is 9.56. The van der Waals surface area contributed by atoms with Crippen LogP contribution < -0.4 is 10.6 Å². The predicted octanol–water partition coefficient (Wildman–Crippen LogP) is 2.85. The highest BCUT2D eigenvalue weighted by molar-refractivity contribution is 6.07. The molecular formula is C25H33N7O. The third kappa shape index (κ3) is 4.25. The molecule has 2 fully saturated rings. The number of fused-ring (bicyclic) bond motifs is 1. The fourth-order valence-corrected chi connectivity index (χ4v) is 5.57. The van der Waals surface area contributed by atoms with Crippen LogP contribution in [0.4, 0.5) is 0 Å². The molecule has 1 aliphatic heterocycles. The molecule has 1 amide bonds. The first-order valence-electron chi connectivity index (χ1n) is 12.1. The average molecular weight is 448 g/mol. The van der Waals surface area contributed by atoms with Crippen molar-refractivity contribution in [3.05, 3.63) is 48.0 Å². The predicted molar refractivity (Wildman–Crippen MR) is 129 cm³/mol. The van der Waals surface area contributed by atoms with E-state index in [4.69, 9.17) is 0 Å². The summed E-state index contributed by atoms with van der Waals surface area (Å²) >= 11 is 0. The van der Waals surface area contributed by atoms with Gasteiger partial charge in [-0.2, -0.15) is 0 Å². The van der Waals surface area contributed by atoms with E-state index < -0.39 is 0 Å². The van der Waals surface area contributed by atoms with Crippen LogP contribution in [0.1, 0.15) is 54.9 Å². The number of piperazine rings is 1. The molecule has 3 aromatic heterocycles. The molecule has 1 aliphatic carbocycles. The standard InChI is InChI=1S/C25H33N7O/c1-18-7-12-27-22-21(18)20(16-32(22)24-28-10-6-11-29-24)23(33)30-17-25(8-4-3-5-9-25)31-14-13-26-19(2)15-31/h6-7,10-12,16,19,26H,3-5,8-9,13-15,17H2,1-2H3,(H,30,33)/t19-/m0/s1. The molecule has 8 heteroatoms. The smallest absolute Gasteiger partial charge is 0.253 e. The summed E-state index contributed by atoms with van der Waals surface area (Å²) in [5.74, 6) is 0.456. The van der Waals surface area contributed by atoms with Gasteiger partial charge in [0.15, 0.2) is 0 Å². The minimum absolute atomic E-state index is 0.0402. The van der Waals surface area contributed by atoms with Gasteiger partial charge in [-0.1, -0.05) is 19.3 Å². The van der Waals surface area contributed by atoms with Crippen molar-refractivity contribution in [1.82, 2.24) is 35.1 Å². The van der Waals surface area contributed by atoms with Gasteiger partial charge < -0.3 is 10.6 Å². The summed E-state index contributed by atoms with van der Waals surface area (Å²) in [6.45, 7) is 8.01. The lowest BCUT2D eigenvalue weighted by Gasteiger charge is -2.49. The van der Waals surface area contributed by atoms with Gasteiger partial charge in [0, 0.05) is 67.9 Å². The van der Waals surface area contributed by atoms with Gasteiger partial charge in [0.05, 0.1) is 5.56 Å². The number of hydrogen-bond donors (Lipinski definition) is 2. The third-order valence-corrected chi connectivity index (χ3v) is 7.31. The lowest BCUT2D eigenvalue weighted by atomic mass is 9.79. The summed E-state index contributed by atoms with van der Waals surface area (Å²) < 4.78 is 1.81. The van der Waals surface area contributed by atoms with Gasteiger partial charge in [0.25, 0.3) is 5.91 Å². The summed E-state index contributed by atoms with van der Waals surface area (Å²) in [6.07, 6.45) is 13.0. The molecule has 2 N–H and O–H groups in total. The van der Waals surface area contributed by atoms with E-state index >= 15 is 0 Å². The van der Waals surface area contributed by atoms with Gasteiger partial charge in [-0.3, -0.25) is 14.3 Å². The molecule has 0 bridgehead atoms. The molecule has 2 aliphatic rings. The highest BCUT2D eigenvalue weighted by Gasteiger charge is 2.39. The Balaban J connectivity index is 1.44. The van der Waals surface area contributed by atoms with Crippen molar-refractivity contribution < 1.29 is 4.79 Å². The van der Waals surface area contributed by atoms with Gasteiger partial charge in [-0.25, -0.2) is 15.0 Å². The van der Waals surface area contributed by atoms with E-state index in [1.807, 2.05) is 23.8 Å². The maximum atomic E-state index is 13.6. The summed E-state index contributed by atoms with van der Waals surface area (Å²) in [7, 11) is 0. The molecule has 4 heterocycles. The fraction of sp³-hybridized carbons (Fsp3) is 0.520. The Labute approximate surface area is 194 Å². The number of carbonyl (C=O) groups is 1. The van der Waals surface area contributed by atoms with E-state index in [2.05, 4.69) is 37.4 Å². The van der Waals surface area contributed by atoms with Crippen LogP contribution in [0.15, 0.2) is 36.9 Å². The van der Waals surface area contributed by atoms with Crippen LogP contribution in [0.5, 0.6) is 0 Å². The molecule has 0 spiro atoms. The number of nitrogens with zero attached hydrogens (tertiary/aromatic N) is 5. The summed E-state index contributed by atoms with van der Waals surface area (Å²) in [4.78, 5) is 29.5. The van der Waals surface area contributed by atoms with Crippen molar-refractivity contribution in [3.8, 4) is 5.95 Å². The molecule has 33 heavy (non-hydrogen) atoms. The van der Waals surface area contributed by atoms with E-state index in [0.29, 0.717) is 29.7 Å². The van der Waals surface area contributed by atoms with Crippen LogP contribution in [0.25, 0.3) is 17.0 Å². The number of rotatable bonds is 5. The van der Waals surface area contributed by atoms with Crippen molar-refractivity contribution in [2.45, 2.75) is 57.5 Å². The van der Waals surface area contributed by atoms with E-state index in [0.717, 1.165) is 43.4 Å². The van der Waals surface area contributed by atoms with Crippen LogP contribution in [0, 0.1) is 6.92 Å². The Bertz CT molecular complexity index is 1120. The first-order valence-corrected chi connectivity index (χ1v) is 12.1. The zero-order valence-electron chi connectivity index (χ0n) is 19.5. The fourth-order valence-electron chi connectivity index (χ4n) is 5.57. The molecule has 8 nitrogen and oxygen atoms in total. The number of aryl methyl sites for hydroxylation is 1. The number of hydrogen-bond acceptors (Lipinski definition) is 6. The number of nitrogens with one attached hydrogen (secondary N) is 2. The number of pyridine rings is 1. The largest absolute Gasteiger partial charge is 0.350 e. The van der Waals surface area contributed by atoms with Crippen LogP contribution in [0.3, 0.4) is 0 Å². The van der Waals surface area contributed by atoms with Crippen molar-refractivity contribution in [1.29, 1.82) is 0 Å². The lowest BCUT2D eigenvalue weighted by Crippen LogP contribution is -2.63. The summed E-state index contributed by atoms with van der Waals surface area (Å²) in [5.41, 5.74) is 2.39. The molecule has 174 valence electrons. The second-order valence-corrected chi connectivity index (χ2v) is 9.56. The average Bonchev–Trinajstić information content (AvgIpc) is 3.25. The van der Waals surface area contributed by atoms with Gasteiger partial charge in [-0.05, 0) is 44.4 Å². The lowest BCUT2D eigenvalue weighted by molar-refractivity contribution is 0.0273. The van der Waals surface area contributed by atoms with Crippen molar-refractivity contribution in [3.63, 3.8) is 0 Å². The topological polar surface area (TPSA) is 88.0 Å². The second kappa shape index (κ2) is 9.19. The molecule has 0 radical (unpaired) electrons. The van der Waals surface area contributed by atoms with Gasteiger partial charge in [0.2, 0.25) is 5.95 Å². The molecule has 0 aromatic carbocycles. The molecule has 1 saturated heterocycles. The van der Waals surface area contributed by atoms with Crippen LogP contribution in [0.2, 0.25) is 0 Å². The Hall–Kier alpha value is -2.84. The normalized spacial score (nSPS) is 21.2. The number of carbonyl (C=O) groups excluding carboxylic acids is 1. The van der Waals surface area contributed by atoms with Crippen molar-refractivity contribution in [2.24, 2.45) is 0 Å². The summed E-state index contributed by atoms with van der Waals surface area (Å²) in [6, 6.07) is 4.20. The summed E-state index contributed by atoms with van der Waals surface area (Å²) in [5, 5.41) is 7.73. The van der Waals surface area contributed by atoms with Gasteiger partial charge >= 0.3 is 0 Å². The van der Waals surface area contributed by atoms with Crippen LogP contribution in [-0.2, 0) is 0 Å². The van der Waals surface area contributed by atoms with Crippen molar-refractivity contribution >= 4 is 16.9 Å². The van der Waals surface area contributed by atoms with Crippen molar-refractivity contribution in [2.75, 3.05) is 26.2 Å². The van der Waals surface area contributed by atoms with E-state index in [9.17, 15) is 4.79 Å². The zero-order chi connectivity index (χ0) is 22.8. The van der Waals surface area contributed by atoms with Gasteiger partial charge in [-0.15, -0.1) is 0 Å². The van der Waals surface area contributed by atoms with E-state index in [1.54, 1.807) is 24.7 Å². The molecular weight excluding hydrogens is 414 g/mol. The van der Waals surface area contributed by atoms with E-state index in [-0.39, 0.29) is 11.4 Å². The van der Waals surface area contributed by atoms with Crippen LogP contribution >= 0.6 is 0 Å². The first kappa shape index (κ1) is 22.0. The third-order valence-electron chi connectivity index (χ3n) is 7.31.